The third kappa shape index (κ3) is 3.99. The van der Waals surface area contributed by atoms with Crippen molar-refractivity contribution >= 4 is 44.5 Å². The van der Waals surface area contributed by atoms with Gasteiger partial charge in [0, 0.05) is 5.39 Å². The fourth-order valence-electron chi connectivity index (χ4n) is 3.92. The van der Waals surface area contributed by atoms with E-state index in [1.165, 1.54) is 12.1 Å². The highest BCUT2D eigenvalue weighted by Crippen LogP contribution is 2.36. The number of imide groups is 1. The number of thioether (sulfide) groups is 1. The summed E-state index contributed by atoms with van der Waals surface area (Å²) in [6.45, 7) is 1.93. The van der Waals surface area contributed by atoms with Crippen molar-refractivity contribution in [2.24, 2.45) is 0 Å². The van der Waals surface area contributed by atoms with Crippen molar-refractivity contribution in [3.63, 3.8) is 0 Å². The molecule has 0 spiro atoms. The Labute approximate surface area is 201 Å². The van der Waals surface area contributed by atoms with E-state index in [0.717, 1.165) is 12.7 Å². The van der Waals surface area contributed by atoms with Gasteiger partial charge in [0.05, 0.1) is 16.0 Å². The van der Waals surface area contributed by atoms with Crippen LogP contribution in [0.1, 0.15) is 46.0 Å². The van der Waals surface area contributed by atoms with Crippen LogP contribution >= 0.6 is 11.8 Å². The van der Waals surface area contributed by atoms with Crippen LogP contribution in [0, 0.1) is 23.3 Å². The first-order valence-electron chi connectivity index (χ1n) is 10.3. The van der Waals surface area contributed by atoms with E-state index in [1.807, 2.05) is 6.92 Å². The number of rotatable bonds is 7. The highest BCUT2D eigenvalue weighted by atomic mass is 32.2. The molecule has 2 amide bonds. The highest BCUT2D eigenvalue weighted by Gasteiger charge is 2.42. The van der Waals surface area contributed by atoms with Gasteiger partial charge in [0.15, 0.2) is 28.2 Å². The summed E-state index contributed by atoms with van der Waals surface area (Å²) in [7, 11) is -5.71. The number of amides is 2. The van der Waals surface area contributed by atoms with Gasteiger partial charge in [0.2, 0.25) is 0 Å². The minimum absolute atomic E-state index is 0.00242. The summed E-state index contributed by atoms with van der Waals surface area (Å²) in [6.07, 6.45) is 3.01. The van der Waals surface area contributed by atoms with Crippen molar-refractivity contribution in [1.82, 2.24) is 5.06 Å². The van der Waals surface area contributed by atoms with Crippen molar-refractivity contribution in [2.45, 2.75) is 36.0 Å². The van der Waals surface area contributed by atoms with E-state index in [4.69, 9.17) is 0 Å². The molecule has 6 nitrogen and oxygen atoms in total. The lowest BCUT2D eigenvalue weighted by molar-refractivity contribution is -0.0159. The number of carbonyl (C=O) groups excluding carboxylic acids is 2. The molecule has 0 fully saturated rings. The molecule has 0 saturated carbocycles. The molecule has 4 rings (SSSR count). The summed E-state index contributed by atoms with van der Waals surface area (Å²) in [5.74, 6) is -10.8. The van der Waals surface area contributed by atoms with Crippen molar-refractivity contribution in [3.05, 3.63) is 70.3 Å². The number of hydroxylamine groups is 2. The van der Waals surface area contributed by atoms with Gasteiger partial charge in [-0.3, -0.25) is 9.59 Å². The highest BCUT2D eigenvalue weighted by molar-refractivity contribution is 7.98. The second-order valence-electron chi connectivity index (χ2n) is 7.66. The third-order valence-corrected chi connectivity index (χ3v) is 7.52. The fraction of sp³-hybridized carbons (Fsp3) is 0.217. The molecule has 0 aliphatic carbocycles. The zero-order valence-corrected chi connectivity index (χ0v) is 20.0. The monoisotopic (exact) mass is 527 g/mol. The summed E-state index contributed by atoms with van der Waals surface area (Å²) >= 11 is 0.319. The molecular formula is C23H17F4NO5S2. The van der Waals surface area contributed by atoms with Crippen molar-refractivity contribution in [1.29, 1.82) is 0 Å². The quantitative estimate of drug-likeness (QED) is 0.178. The van der Waals surface area contributed by atoms with Gasteiger partial charge >= 0.3 is 10.1 Å². The molecule has 0 saturated heterocycles. The lowest BCUT2D eigenvalue weighted by Gasteiger charge is -2.27. The minimum atomic E-state index is -5.71. The predicted octanol–water partition coefficient (Wildman–Crippen LogP) is 5.38. The summed E-state index contributed by atoms with van der Waals surface area (Å²) < 4.78 is 87.6. The van der Waals surface area contributed by atoms with Gasteiger partial charge in [-0.25, -0.2) is 17.6 Å². The van der Waals surface area contributed by atoms with Crippen LogP contribution in [-0.4, -0.2) is 31.6 Å². The van der Waals surface area contributed by atoms with E-state index in [-0.39, 0.29) is 21.6 Å². The maximum atomic E-state index is 14.5. The van der Waals surface area contributed by atoms with Crippen LogP contribution < -0.4 is 0 Å². The topological polar surface area (TPSA) is 80.8 Å². The number of aryl methyl sites for hydroxylation is 1. The zero-order chi connectivity index (χ0) is 25.7. The summed E-state index contributed by atoms with van der Waals surface area (Å²) in [4.78, 5) is 23.1. The SMILES string of the molecule is CCCCc1ccc2cccc3c2c1C(=O)N(OS(=O)(=O)c1c(F)c(F)c(SC)c(F)c1F)C3=O. The normalized spacial score (nSPS) is 13.7. The number of carbonyl (C=O) groups is 2. The number of nitrogens with zero attached hydrogens (tertiary/aromatic N) is 1. The van der Waals surface area contributed by atoms with Crippen LogP contribution in [0.2, 0.25) is 0 Å². The Morgan fingerprint density at radius 1 is 0.943 bits per heavy atom. The fourth-order valence-corrected chi connectivity index (χ4v) is 5.48. The Hall–Kier alpha value is -2.96. The maximum absolute atomic E-state index is 14.5. The first-order valence-corrected chi connectivity index (χ1v) is 13.0. The molecule has 0 unspecified atom stereocenters. The average Bonchev–Trinajstić information content (AvgIpc) is 2.83. The predicted molar refractivity (Wildman–Crippen MR) is 119 cm³/mol. The van der Waals surface area contributed by atoms with E-state index in [9.17, 15) is 35.6 Å². The molecule has 12 heteroatoms. The van der Waals surface area contributed by atoms with Gasteiger partial charge in [0.25, 0.3) is 11.8 Å². The number of benzene rings is 3. The molecule has 0 bridgehead atoms. The Balaban J connectivity index is 1.85. The number of unbranched alkanes of at least 4 members (excludes halogenated alkanes) is 1. The number of hydrogen-bond acceptors (Lipinski definition) is 6. The molecule has 0 atom stereocenters. The molecule has 0 radical (unpaired) electrons. The molecule has 1 aliphatic heterocycles. The summed E-state index contributed by atoms with van der Waals surface area (Å²) in [5.41, 5.74) is 0.424. The Kier molecular flexibility index (Phi) is 6.64. The molecule has 184 valence electrons. The van der Waals surface area contributed by atoms with E-state index < -0.39 is 55.0 Å². The van der Waals surface area contributed by atoms with Gasteiger partial charge in [-0.05, 0) is 36.1 Å². The second kappa shape index (κ2) is 9.25. The Bertz CT molecular complexity index is 1480. The molecule has 35 heavy (non-hydrogen) atoms. The summed E-state index contributed by atoms with van der Waals surface area (Å²) in [5, 5.41) is 0.668. The van der Waals surface area contributed by atoms with E-state index in [0.29, 0.717) is 35.6 Å². The summed E-state index contributed by atoms with van der Waals surface area (Å²) in [6, 6.07) is 7.86. The molecule has 0 aromatic heterocycles. The Morgan fingerprint density at radius 2 is 1.60 bits per heavy atom. The van der Waals surface area contributed by atoms with Crippen LogP contribution in [0.4, 0.5) is 17.6 Å². The molecule has 3 aromatic rings. The van der Waals surface area contributed by atoms with Gasteiger partial charge in [-0.2, -0.15) is 8.42 Å². The van der Waals surface area contributed by atoms with Crippen LogP contribution in [0.3, 0.4) is 0 Å². The standard InChI is InChI=1S/C23H17F4NO5S2/c1-3-4-6-12-10-9-11-7-5-8-13-14(11)15(12)23(30)28(22(13)29)33-35(31,32)21-18(26)16(24)20(34-2)17(25)19(21)27/h5,7-10H,3-4,6H2,1-2H3. The van der Waals surface area contributed by atoms with Crippen LogP contribution in [-0.2, 0) is 20.8 Å². The zero-order valence-electron chi connectivity index (χ0n) is 18.3. The first kappa shape index (κ1) is 25.1. The molecule has 1 heterocycles. The van der Waals surface area contributed by atoms with E-state index in [2.05, 4.69) is 4.28 Å². The van der Waals surface area contributed by atoms with Crippen molar-refractivity contribution < 1.29 is 39.9 Å². The Morgan fingerprint density at radius 3 is 2.20 bits per heavy atom. The molecule has 1 aliphatic rings. The first-order chi connectivity index (χ1) is 16.5. The van der Waals surface area contributed by atoms with Crippen LogP contribution in [0.5, 0.6) is 0 Å². The van der Waals surface area contributed by atoms with Crippen LogP contribution in [0.15, 0.2) is 40.1 Å². The molecular weight excluding hydrogens is 510 g/mol. The van der Waals surface area contributed by atoms with Gasteiger partial charge in [0.1, 0.15) is 0 Å². The van der Waals surface area contributed by atoms with Crippen molar-refractivity contribution in [2.75, 3.05) is 6.26 Å². The van der Waals surface area contributed by atoms with Gasteiger partial charge in [-0.15, -0.1) is 21.1 Å². The largest absolute Gasteiger partial charge is 0.324 e. The third-order valence-electron chi connectivity index (χ3n) is 5.55. The van der Waals surface area contributed by atoms with Gasteiger partial charge < -0.3 is 0 Å². The average molecular weight is 528 g/mol. The van der Waals surface area contributed by atoms with Crippen LogP contribution in [0.25, 0.3) is 10.8 Å². The minimum Gasteiger partial charge on any atom is -0.266 e. The molecule has 0 N–H and O–H groups in total. The second-order valence-corrected chi connectivity index (χ2v) is 9.94. The van der Waals surface area contributed by atoms with E-state index in [1.54, 1.807) is 18.2 Å². The van der Waals surface area contributed by atoms with Gasteiger partial charge in [-0.1, -0.05) is 37.6 Å². The lowest BCUT2D eigenvalue weighted by atomic mass is 9.89. The van der Waals surface area contributed by atoms with Crippen molar-refractivity contribution in [3.8, 4) is 0 Å². The smallest absolute Gasteiger partial charge is 0.266 e. The lowest BCUT2D eigenvalue weighted by Crippen LogP contribution is -2.42. The number of hydrogen-bond donors (Lipinski definition) is 0. The van der Waals surface area contributed by atoms with E-state index >= 15 is 0 Å². The number of halogens is 4. The maximum Gasteiger partial charge on any atom is 0.324 e. The molecule has 3 aromatic carbocycles.